The third-order valence-electron chi connectivity index (χ3n) is 5.39. The number of ether oxygens (including phenoxy) is 1. The molecule has 2 aromatic heterocycles. The monoisotopic (exact) mass is 441 g/mol. The second-order valence-corrected chi connectivity index (χ2v) is 9.22. The topological polar surface area (TPSA) is 92.0 Å². The van der Waals surface area contributed by atoms with E-state index in [1.165, 1.54) is 12.1 Å². The summed E-state index contributed by atoms with van der Waals surface area (Å²) in [6.07, 6.45) is 0.913. The van der Waals surface area contributed by atoms with Crippen LogP contribution in [0.3, 0.4) is 0 Å². The van der Waals surface area contributed by atoms with Gasteiger partial charge in [-0.2, -0.15) is 4.98 Å². The van der Waals surface area contributed by atoms with Gasteiger partial charge >= 0.3 is 6.09 Å². The summed E-state index contributed by atoms with van der Waals surface area (Å²) in [6.45, 7) is 6.36. The minimum absolute atomic E-state index is 0.313. The molecule has 1 saturated heterocycles. The second-order valence-electron chi connectivity index (χ2n) is 9.22. The minimum Gasteiger partial charge on any atom is -0.444 e. The van der Waals surface area contributed by atoms with Crippen LogP contribution in [0.2, 0.25) is 0 Å². The Morgan fingerprint density at radius 3 is 2.53 bits per heavy atom. The van der Waals surface area contributed by atoms with Crippen molar-refractivity contribution in [2.45, 2.75) is 51.2 Å². The second kappa shape index (κ2) is 8.38. The molecule has 0 bridgehead atoms. The summed E-state index contributed by atoms with van der Waals surface area (Å²) in [5.74, 6) is 0.0718. The van der Waals surface area contributed by atoms with Gasteiger partial charge in [0.15, 0.2) is 5.65 Å². The fourth-order valence-electron chi connectivity index (χ4n) is 3.75. The highest BCUT2D eigenvalue weighted by atomic mass is 19.1. The Kier molecular flexibility index (Phi) is 5.77. The van der Waals surface area contributed by atoms with Crippen LogP contribution in [0.1, 0.15) is 39.3 Å². The molecule has 1 aromatic carbocycles. The van der Waals surface area contributed by atoms with E-state index in [0.717, 1.165) is 5.69 Å². The van der Waals surface area contributed by atoms with Crippen molar-refractivity contribution in [3.8, 4) is 0 Å². The van der Waals surface area contributed by atoms with E-state index in [2.05, 4.69) is 15.4 Å². The van der Waals surface area contributed by atoms with Gasteiger partial charge in [-0.3, -0.25) is 0 Å². The Morgan fingerprint density at radius 1 is 1.19 bits per heavy atom. The number of amides is 1. The number of hydrogen-bond donors (Lipinski definition) is 2. The zero-order valence-electron chi connectivity index (χ0n) is 18.5. The molecule has 0 atom stereocenters. The lowest BCUT2D eigenvalue weighted by molar-refractivity contribution is -0.0322. The molecule has 8 nitrogen and oxygen atoms in total. The first-order valence-electron chi connectivity index (χ1n) is 10.7. The summed E-state index contributed by atoms with van der Waals surface area (Å²) >= 11 is 0. The summed E-state index contributed by atoms with van der Waals surface area (Å²) < 4.78 is 20.3. The lowest BCUT2D eigenvalue weighted by atomic mass is 9.87. The molecular weight excluding hydrogens is 413 g/mol. The zero-order chi connectivity index (χ0) is 22.9. The van der Waals surface area contributed by atoms with Crippen LogP contribution in [0, 0.1) is 5.82 Å². The van der Waals surface area contributed by atoms with Gasteiger partial charge in [0.1, 0.15) is 11.4 Å². The molecule has 0 saturated carbocycles. The van der Waals surface area contributed by atoms with Gasteiger partial charge in [0.2, 0.25) is 5.95 Å². The van der Waals surface area contributed by atoms with E-state index in [4.69, 9.17) is 4.74 Å². The zero-order valence-corrected chi connectivity index (χ0v) is 18.5. The maximum Gasteiger partial charge on any atom is 0.410 e. The standard InChI is InChI=1S/C23H28FN5O3/c1-22(2,3)32-21(30)28-13-11-23(31,12-14-28)15-18-5-4-6-19-26-20(27-29(18)19)25-17-9-7-16(24)8-10-17/h4-10,31H,11-15H2,1-3H3,(H,25,27). The number of pyridine rings is 1. The van der Waals surface area contributed by atoms with Gasteiger partial charge < -0.3 is 20.1 Å². The van der Waals surface area contributed by atoms with Gasteiger partial charge in [0.25, 0.3) is 0 Å². The van der Waals surface area contributed by atoms with E-state index in [0.29, 0.717) is 49.6 Å². The maximum atomic E-state index is 13.1. The van der Waals surface area contributed by atoms with Gasteiger partial charge in [0.05, 0.1) is 5.60 Å². The van der Waals surface area contributed by atoms with Crippen molar-refractivity contribution in [3.63, 3.8) is 0 Å². The number of carbonyl (C=O) groups is 1. The van der Waals surface area contributed by atoms with Gasteiger partial charge in [-0.05, 0) is 70.0 Å². The Hall–Kier alpha value is -3.20. The Bertz CT molecular complexity index is 1100. The SMILES string of the molecule is CC(C)(C)OC(=O)N1CCC(O)(Cc2cccc3nc(Nc4ccc(F)cc4)nn23)CC1. The molecule has 1 aliphatic heterocycles. The molecule has 3 aromatic rings. The molecule has 0 radical (unpaired) electrons. The summed E-state index contributed by atoms with van der Waals surface area (Å²) in [5.41, 5.74) is 0.630. The molecule has 1 fully saturated rings. The summed E-state index contributed by atoms with van der Waals surface area (Å²) in [7, 11) is 0. The molecule has 3 heterocycles. The van der Waals surface area contributed by atoms with Crippen LogP contribution in [-0.2, 0) is 11.2 Å². The first kappa shape index (κ1) is 22.0. The largest absolute Gasteiger partial charge is 0.444 e. The number of rotatable bonds is 4. The van der Waals surface area contributed by atoms with Gasteiger partial charge in [-0.15, -0.1) is 5.10 Å². The van der Waals surface area contributed by atoms with Crippen LogP contribution >= 0.6 is 0 Å². The van der Waals surface area contributed by atoms with E-state index < -0.39 is 11.2 Å². The predicted octanol–water partition coefficient (Wildman–Crippen LogP) is 3.92. The van der Waals surface area contributed by atoms with E-state index in [1.807, 2.05) is 39.0 Å². The van der Waals surface area contributed by atoms with E-state index in [9.17, 15) is 14.3 Å². The molecule has 170 valence electrons. The first-order chi connectivity index (χ1) is 15.1. The van der Waals surface area contributed by atoms with Gasteiger partial charge in [0, 0.05) is 30.9 Å². The Labute approximate surface area is 186 Å². The van der Waals surface area contributed by atoms with E-state index in [-0.39, 0.29) is 11.9 Å². The molecular formula is C23H28FN5O3. The average molecular weight is 442 g/mol. The lowest BCUT2D eigenvalue weighted by Gasteiger charge is -2.38. The molecule has 2 N–H and O–H groups in total. The smallest absolute Gasteiger partial charge is 0.410 e. The number of nitrogens with zero attached hydrogens (tertiary/aromatic N) is 4. The summed E-state index contributed by atoms with van der Waals surface area (Å²) in [6, 6.07) is 11.6. The number of carbonyl (C=O) groups excluding carboxylic acids is 1. The number of likely N-dealkylation sites (tertiary alicyclic amines) is 1. The third-order valence-corrected chi connectivity index (χ3v) is 5.39. The number of aliphatic hydroxyl groups is 1. The van der Waals surface area contributed by atoms with Gasteiger partial charge in [-0.1, -0.05) is 6.07 Å². The van der Waals surface area contributed by atoms with Crippen molar-refractivity contribution in [2.24, 2.45) is 0 Å². The Balaban J connectivity index is 1.45. The third kappa shape index (κ3) is 5.16. The average Bonchev–Trinajstić information content (AvgIpc) is 3.12. The van der Waals surface area contributed by atoms with Crippen molar-refractivity contribution in [3.05, 3.63) is 54.0 Å². The maximum absolute atomic E-state index is 13.1. The lowest BCUT2D eigenvalue weighted by Crippen LogP contribution is -2.49. The summed E-state index contributed by atoms with van der Waals surface area (Å²) in [5, 5.41) is 18.8. The van der Waals surface area contributed by atoms with Crippen LogP contribution in [0.4, 0.5) is 20.8 Å². The number of fused-ring (bicyclic) bond motifs is 1. The number of halogens is 1. The number of hydrogen-bond acceptors (Lipinski definition) is 6. The van der Waals surface area contributed by atoms with Crippen molar-refractivity contribution in [2.75, 3.05) is 18.4 Å². The van der Waals surface area contributed by atoms with Crippen molar-refractivity contribution < 1.29 is 19.0 Å². The van der Waals surface area contributed by atoms with Crippen molar-refractivity contribution in [1.29, 1.82) is 0 Å². The van der Waals surface area contributed by atoms with Gasteiger partial charge in [-0.25, -0.2) is 13.7 Å². The molecule has 4 rings (SSSR count). The number of nitrogens with one attached hydrogen (secondary N) is 1. The molecule has 9 heteroatoms. The van der Waals surface area contributed by atoms with Crippen LogP contribution < -0.4 is 5.32 Å². The highest BCUT2D eigenvalue weighted by Crippen LogP contribution is 2.28. The molecule has 32 heavy (non-hydrogen) atoms. The van der Waals surface area contributed by atoms with Crippen LogP contribution in [0.5, 0.6) is 0 Å². The Morgan fingerprint density at radius 2 is 1.88 bits per heavy atom. The predicted molar refractivity (Wildman–Crippen MR) is 118 cm³/mol. The molecule has 0 spiro atoms. The number of benzene rings is 1. The van der Waals surface area contributed by atoms with Crippen LogP contribution in [0.25, 0.3) is 5.65 Å². The summed E-state index contributed by atoms with van der Waals surface area (Å²) in [4.78, 5) is 18.4. The van der Waals surface area contributed by atoms with Crippen molar-refractivity contribution in [1.82, 2.24) is 19.5 Å². The number of aromatic nitrogens is 3. The van der Waals surface area contributed by atoms with E-state index in [1.54, 1.807) is 21.5 Å². The normalized spacial score (nSPS) is 16.2. The molecule has 1 aliphatic rings. The first-order valence-corrected chi connectivity index (χ1v) is 10.7. The fourth-order valence-corrected chi connectivity index (χ4v) is 3.75. The molecule has 1 amide bonds. The number of anilines is 2. The quantitative estimate of drug-likeness (QED) is 0.638. The molecule has 0 aliphatic carbocycles. The van der Waals surface area contributed by atoms with E-state index >= 15 is 0 Å². The van der Waals surface area contributed by atoms with Crippen LogP contribution in [0.15, 0.2) is 42.5 Å². The van der Waals surface area contributed by atoms with Crippen molar-refractivity contribution >= 4 is 23.4 Å². The highest BCUT2D eigenvalue weighted by Gasteiger charge is 2.36. The minimum atomic E-state index is -0.955. The number of piperidine rings is 1. The highest BCUT2D eigenvalue weighted by molar-refractivity contribution is 5.68. The van der Waals surface area contributed by atoms with Crippen LogP contribution in [-0.4, -0.2) is 55.0 Å². The molecule has 0 unspecified atom stereocenters. The fraction of sp³-hybridized carbons (Fsp3) is 0.435.